The number of amides is 3. The number of carbonyl (C=O) groups excluding carboxylic acids is 4. The van der Waals surface area contributed by atoms with Crippen LogP contribution in [0.15, 0.2) is 35.9 Å². The lowest BCUT2D eigenvalue weighted by molar-refractivity contribution is -0.134. The van der Waals surface area contributed by atoms with Gasteiger partial charge < -0.3 is 25.4 Å². The van der Waals surface area contributed by atoms with Gasteiger partial charge in [0.25, 0.3) is 0 Å². The van der Waals surface area contributed by atoms with Crippen LogP contribution in [-0.2, 0) is 35.1 Å². The summed E-state index contributed by atoms with van der Waals surface area (Å²) in [6.07, 6.45) is 8.17. The molecule has 0 bridgehead atoms. The standard InChI is InChI=1S/C32H44N4O6/c1-21(33-28(37)19-36-13-15-41-16-14-36)30(39)35-27(18-23-7-9-24(10-8-23)25-11-12-25)31(40)34-26(17-22-5-3-4-6-22)29(38)32(2)20-42-32/h5,7-10,21,25-27H,3-4,6,11-20H2,1-2H3,(H,33,37)(H,34,40)(H,35,39)/t21-,26-,27-,32+/m0/s1. The van der Waals surface area contributed by atoms with Crippen LogP contribution in [0.4, 0.5) is 0 Å². The quantitative estimate of drug-likeness (QED) is 0.226. The van der Waals surface area contributed by atoms with Crippen molar-refractivity contribution in [3.63, 3.8) is 0 Å². The van der Waals surface area contributed by atoms with E-state index < -0.39 is 35.5 Å². The molecular weight excluding hydrogens is 536 g/mol. The molecule has 1 aromatic rings. The summed E-state index contributed by atoms with van der Waals surface area (Å²) in [4.78, 5) is 55.0. The molecule has 2 heterocycles. The third-order valence-corrected chi connectivity index (χ3v) is 8.68. The van der Waals surface area contributed by atoms with Gasteiger partial charge in [0.2, 0.25) is 17.7 Å². The number of allylic oxidation sites excluding steroid dienone is 1. The third kappa shape index (κ3) is 8.26. The summed E-state index contributed by atoms with van der Waals surface area (Å²) in [6.45, 7) is 6.36. The van der Waals surface area contributed by atoms with Gasteiger partial charge in [-0.1, -0.05) is 35.9 Å². The lowest BCUT2D eigenvalue weighted by atomic mass is 9.93. The Bertz CT molecular complexity index is 1180. The highest BCUT2D eigenvalue weighted by molar-refractivity contribution is 5.98. The van der Waals surface area contributed by atoms with Crippen molar-refractivity contribution in [3.8, 4) is 0 Å². The van der Waals surface area contributed by atoms with Crippen LogP contribution in [0.25, 0.3) is 0 Å². The monoisotopic (exact) mass is 580 g/mol. The lowest BCUT2D eigenvalue weighted by Gasteiger charge is -2.27. The van der Waals surface area contributed by atoms with Crippen LogP contribution in [0.3, 0.4) is 0 Å². The Balaban J connectivity index is 1.26. The van der Waals surface area contributed by atoms with Gasteiger partial charge in [0.05, 0.1) is 32.4 Å². The number of morpholine rings is 1. The fourth-order valence-corrected chi connectivity index (χ4v) is 5.68. The number of benzene rings is 1. The van der Waals surface area contributed by atoms with Crippen molar-refractivity contribution >= 4 is 23.5 Å². The van der Waals surface area contributed by atoms with Gasteiger partial charge in [0.1, 0.15) is 17.7 Å². The average molecular weight is 581 g/mol. The van der Waals surface area contributed by atoms with Crippen LogP contribution in [0, 0.1) is 0 Å². The molecule has 3 N–H and O–H groups in total. The number of hydrogen-bond donors (Lipinski definition) is 3. The van der Waals surface area contributed by atoms with E-state index in [9.17, 15) is 19.2 Å². The first-order valence-corrected chi connectivity index (χ1v) is 15.4. The highest BCUT2D eigenvalue weighted by Crippen LogP contribution is 2.40. The van der Waals surface area contributed by atoms with Crippen LogP contribution in [0.2, 0.25) is 0 Å². The maximum atomic E-state index is 13.8. The normalized spacial score (nSPS) is 24.2. The number of epoxide rings is 1. The largest absolute Gasteiger partial charge is 0.379 e. The second-order valence-electron chi connectivity index (χ2n) is 12.4. The summed E-state index contributed by atoms with van der Waals surface area (Å²) < 4.78 is 10.8. The molecular formula is C32H44N4O6. The minimum Gasteiger partial charge on any atom is -0.379 e. The van der Waals surface area contributed by atoms with Crippen LogP contribution >= 0.6 is 0 Å². The number of ketones is 1. The summed E-state index contributed by atoms with van der Waals surface area (Å²) in [5.41, 5.74) is 2.47. The van der Waals surface area contributed by atoms with E-state index in [1.54, 1.807) is 13.8 Å². The molecule has 228 valence electrons. The Morgan fingerprint density at radius 2 is 1.67 bits per heavy atom. The van der Waals surface area contributed by atoms with E-state index in [0.29, 0.717) is 45.2 Å². The lowest BCUT2D eigenvalue weighted by Crippen LogP contribution is -2.57. The predicted octanol–water partition coefficient (Wildman–Crippen LogP) is 1.77. The number of carbonyl (C=O) groups is 4. The maximum Gasteiger partial charge on any atom is 0.243 e. The van der Waals surface area contributed by atoms with Crippen LogP contribution in [-0.4, -0.2) is 91.6 Å². The Labute approximate surface area is 247 Å². The summed E-state index contributed by atoms with van der Waals surface area (Å²) >= 11 is 0. The molecule has 3 fully saturated rings. The topological polar surface area (TPSA) is 129 Å². The Hall–Kier alpha value is -3.08. The zero-order valence-corrected chi connectivity index (χ0v) is 24.8. The van der Waals surface area contributed by atoms with Crippen molar-refractivity contribution in [1.29, 1.82) is 0 Å². The van der Waals surface area contributed by atoms with Crippen LogP contribution in [0.1, 0.15) is 69.4 Å². The molecule has 2 saturated heterocycles. The molecule has 0 spiro atoms. The summed E-state index contributed by atoms with van der Waals surface area (Å²) in [5.74, 6) is -0.681. The van der Waals surface area contributed by atoms with Crippen molar-refractivity contribution in [2.75, 3.05) is 39.5 Å². The highest BCUT2D eigenvalue weighted by Gasteiger charge is 2.50. The molecule has 1 saturated carbocycles. The van der Waals surface area contributed by atoms with Crippen LogP contribution in [0.5, 0.6) is 0 Å². The van der Waals surface area contributed by atoms with E-state index >= 15 is 0 Å². The Morgan fingerprint density at radius 1 is 0.976 bits per heavy atom. The van der Waals surface area contributed by atoms with Gasteiger partial charge in [0.15, 0.2) is 5.78 Å². The number of nitrogens with zero attached hydrogens (tertiary/aromatic N) is 1. The van der Waals surface area contributed by atoms with Gasteiger partial charge in [-0.3, -0.25) is 24.1 Å². The first-order chi connectivity index (χ1) is 20.2. The maximum absolute atomic E-state index is 13.8. The van der Waals surface area contributed by atoms with Gasteiger partial charge in [-0.05, 0) is 69.4 Å². The first-order valence-electron chi connectivity index (χ1n) is 15.4. The predicted molar refractivity (Wildman–Crippen MR) is 157 cm³/mol. The smallest absolute Gasteiger partial charge is 0.243 e. The van der Waals surface area contributed by atoms with E-state index in [1.165, 1.54) is 18.4 Å². The molecule has 2 aliphatic heterocycles. The van der Waals surface area contributed by atoms with Crippen molar-refractivity contribution in [2.24, 2.45) is 0 Å². The summed E-state index contributed by atoms with van der Waals surface area (Å²) in [5, 5.41) is 8.57. The molecule has 2 aliphatic carbocycles. The fraction of sp³-hybridized carbons (Fsp3) is 0.625. The zero-order valence-electron chi connectivity index (χ0n) is 24.8. The van der Waals surface area contributed by atoms with E-state index in [2.05, 4.69) is 34.2 Å². The second kappa shape index (κ2) is 13.5. The molecule has 3 amide bonds. The van der Waals surface area contributed by atoms with Gasteiger partial charge in [-0.15, -0.1) is 0 Å². The second-order valence-corrected chi connectivity index (χ2v) is 12.4. The van der Waals surface area contributed by atoms with Crippen molar-refractivity contribution in [1.82, 2.24) is 20.9 Å². The van der Waals surface area contributed by atoms with Crippen molar-refractivity contribution < 1.29 is 28.7 Å². The number of Topliss-reactive ketones (excluding diaryl/α,β-unsaturated/α-hetero) is 1. The SMILES string of the molecule is C[C@H](NC(=O)CN1CCOCC1)C(=O)N[C@@H](Cc1ccc(C2CC2)cc1)C(=O)N[C@@H](CC1=CCCC1)C(=O)[C@@]1(C)CO1. The Kier molecular flexibility index (Phi) is 9.75. The Morgan fingerprint density at radius 3 is 2.29 bits per heavy atom. The number of rotatable bonds is 14. The molecule has 42 heavy (non-hydrogen) atoms. The van der Waals surface area contributed by atoms with Gasteiger partial charge >= 0.3 is 0 Å². The number of hydrogen-bond acceptors (Lipinski definition) is 7. The van der Waals surface area contributed by atoms with Gasteiger partial charge in [0, 0.05) is 19.5 Å². The van der Waals surface area contributed by atoms with Crippen LogP contribution < -0.4 is 16.0 Å². The van der Waals surface area contributed by atoms with Crippen molar-refractivity contribution in [2.45, 2.75) is 88.4 Å². The number of ether oxygens (including phenoxy) is 2. The van der Waals surface area contributed by atoms with Gasteiger partial charge in [-0.25, -0.2) is 0 Å². The van der Waals surface area contributed by atoms with Crippen molar-refractivity contribution in [3.05, 3.63) is 47.0 Å². The molecule has 10 nitrogen and oxygen atoms in total. The third-order valence-electron chi connectivity index (χ3n) is 8.68. The highest BCUT2D eigenvalue weighted by atomic mass is 16.6. The zero-order chi connectivity index (χ0) is 29.7. The molecule has 1 aromatic carbocycles. The number of nitrogens with one attached hydrogen (secondary N) is 3. The molecule has 10 heteroatoms. The fourth-order valence-electron chi connectivity index (χ4n) is 5.68. The van der Waals surface area contributed by atoms with E-state index in [4.69, 9.17) is 9.47 Å². The first kappa shape index (κ1) is 30.4. The average Bonchev–Trinajstić information content (AvgIpc) is 3.91. The van der Waals surface area contributed by atoms with Gasteiger partial charge in [-0.2, -0.15) is 0 Å². The minimum absolute atomic E-state index is 0.147. The molecule has 5 rings (SSSR count). The molecule has 0 aromatic heterocycles. The minimum atomic E-state index is -0.927. The molecule has 0 radical (unpaired) electrons. The van der Waals surface area contributed by atoms with E-state index in [1.807, 2.05) is 17.0 Å². The summed E-state index contributed by atoms with van der Waals surface area (Å²) in [7, 11) is 0. The van der Waals surface area contributed by atoms with E-state index in [-0.39, 0.29) is 24.7 Å². The molecule has 4 atom stereocenters. The molecule has 0 unspecified atom stereocenters. The molecule has 4 aliphatic rings. The van der Waals surface area contributed by atoms with E-state index in [0.717, 1.165) is 30.4 Å². The summed E-state index contributed by atoms with van der Waals surface area (Å²) in [6, 6.07) is 5.66.